The van der Waals surface area contributed by atoms with Crippen LogP contribution in [-0.2, 0) is 0 Å². The van der Waals surface area contributed by atoms with Crippen molar-refractivity contribution in [2.75, 3.05) is 5.73 Å². The van der Waals surface area contributed by atoms with Gasteiger partial charge in [-0.3, -0.25) is 0 Å². The van der Waals surface area contributed by atoms with Gasteiger partial charge < -0.3 is 10.7 Å². The Morgan fingerprint density at radius 3 is 2.76 bits per heavy atom. The number of aromatic amines is 1. The summed E-state index contributed by atoms with van der Waals surface area (Å²) in [6, 6.07) is 4.26. The lowest BCUT2D eigenvalue weighted by atomic mass is 10.3. The minimum atomic E-state index is -0.944. The van der Waals surface area contributed by atoms with E-state index in [1.165, 1.54) is 17.4 Å². The van der Waals surface area contributed by atoms with Crippen molar-refractivity contribution in [1.29, 1.82) is 0 Å². The van der Waals surface area contributed by atoms with Gasteiger partial charge in [0.1, 0.15) is 5.52 Å². The molecule has 0 unspecified atom stereocenters. The van der Waals surface area contributed by atoms with Gasteiger partial charge in [0, 0.05) is 0 Å². The summed E-state index contributed by atoms with van der Waals surface area (Å²) in [7, 11) is 0. The summed E-state index contributed by atoms with van der Waals surface area (Å²) in [6.07, 6.45) is 0. The van der Waals surface area contributed by atoms with E-state index >= 15 is 0 Å². The van der Waals surface area contributed by atoms with Crippen LogP contribution in [0.3, 0.4) is 0 Å². The number of thiophene rings is 1. The molecule has 2 heterocycles. The minimum absolute atomic E-state index is 0.00667. The fourth-order valence-electron chi connectivity index (χ4n) is 1.64. The van der Waals surface area contributed by atoms with Gasteiger partial charge >= 0.3 is 0 Å². The van der Waals surface area contributed by atoms with Crippen LogP contribution in [0.5, 0.6) is 0 Å². The van der Waals surface area contributed by atoms with Crippen LogP contribution >= 0.6 is 11.3 Å². The van der Waals surface area contributed by atoms with Crippen LogP contribution in [0.2, 0.25) is 0 Å². The first-order valence-corrected chi connectivity index (χ1v) is 5.72. The third-order valence-corrected chi connectivity index (χ3v) is 3.39. The zero-order chi connectivity index (χ0) is 12.0. The van der Waals surface area contributed by atoms with Crippen molar-refractivity contribution >= 4 is 28.1 Å². The van der Waals surface area contributed by atoms with E-state index in [-0.39, 0.29) is 5.52 Å². The monoisotopic (exact) mass is 251 g/mol. The second-order valence-corrected chi connectivity index (χ2v) is 4.46. The van der Waals surface area contributed by atoms with Crippen LogP contribution in [0.25, 0.3) is 21.7 Å². The standard InChI is InChI=1S/C11H7F2N3S/c12-5-1-2-7-9(8(5)13)16-11(15-7)10-6(14)3-4-17-10/h1-4H,14H2,(H,15,16). The van der Waals surface area contributed by atoms with E-state index < -0.39 is 11.6 Å². The SMILES string of the molecule is Nc1ccsc1-c1nc2c(F)c(F)ccc2[nH]1. The van der Waals surface area contributed by atoms with Gasteiger partial charge in [0.05, 0.1) is 16.1 Å². The first-order valence-electron chi connectivity index (χ1n) is 4.84. The summed E-state index contributed by atoms with van der Waals surface area (Å²) in [5, 5.41) is 1.81. The Balaban J connectivity index is 2.27. The van der Waals surface area contributed by atoms with E-state index in [4.69, 9.17) is 5.73 Å². The molecule has 0 atom stereocenters. The number of anilines is 1. The number of H-pyrrole nitrogens is 1. The molecule has 6 heteroatoms. The highest BCUT2D eigenvalue weighted by molar-refractivity contribution is 7.14. The normalized spacial score (nSPS) is 11.2. The molecule has 0 fully saturated rings. The molecule has 3 rings (SSSR count). The predicted octanol–water partition coefficient (Wildman–Crippen LogP) is 3.15. The van der Waals surface area contributed by atoms with Crippen LogP contribution in [0, 0.1) is 11.6 Å². The number of nitrogen functional groups attached to an aromatic ring is 1. The molecule has 86 valence electrons. The maximum absolute atomic E-state index is 13.5. The summed E-state index contributed by atoms with van der Waals surface area (Å²) >= 11 is 1.39. The lowest BCUT2D eigenvalue weighted by Gasteiger charge is -1.91. The van der Waals surface area contributed by atoms with Crippen molar-refractivity contribution in [3.8, 4) is 10.7 Å². The molecule has 1 aromatic carbocycles. The highest BCUT2D eigenvalue weighted by atomic mass is 32.1. The molecule has 3 nitrogen and oxygen atoms in total. The molecule has 0 amide bonds. The van der Waals surface area contributed by atoms with Gasteiger partial charge in [-0.2, -0.15) is 0 Å². The van der Waals surface area contributed by atoms with Gasteiger partial charge in [0.25, 0.3) is 0 Å². The molecule has 0 bridgehead atoms. The number of rotatable bonds is 1. The summed E-state index contributed by atoms with van der Waals surface area (Å²) in [5.74, 6) is -1.40. The smallest absolute Gasteiger partial charge is 0.186 e. The van der Waals surface area contributed by atoms with Gasteiger partial charge in [-0.25, -0.2) is 13.8 Å². The molecule has 2 aromatic heterocycles. The van der Waals surface area contributed by atoms with Crippen molar-refractivity contribution < 1.29 is 8.78 Å². The number of fused-ring (bicyclic) bond motifs is 1. The predicted molar refractivity (Wildman–Crippen MR) is 63.7 cm³/mol. The van der Waals surface area contributed by atoms with Crippen molar-refractivity contribution in [2.45, 2.75) is 0 Å². The zero-order valence-corrected chi connectivity index (χ0v) is 9.31. The largest absolute Gasteiger partial charge is 0.397 e. The molecule has 0 saturated heterocycles. The Hall–Kier alpha value is -1.95. The lowest BCUT2D eigenvalue weighted by molar-refractivity contribution is 0.515. The molecule has 3 aromatic rings. The molecule has 0 aliphatic heterocycles. The van der Waals surface area contributed by atoms with Gasteiger partial charge in [-0.05, 0) is 23.6 Å². The van der Waals surface area contributed by atoms with Gasteiger partial charge in [-0.1, -0.05) is 0 Å². The Kier molecular flexibility index (Phi) is 2.12. The Morgan fingerprint density at radius 1 is 1.24 bits per heavy atom. The van der Waals surface area contributed by atoms with E-state index in [1.807, 2.05) is 5.38 Å². The van der Waals surface area contributed by atoms with Gasteiger partial charge in [-0.15, -0.1) is 11.3 Å². The molecule has 17 heavy (non-hydrogen) atoms. The van der Waals surface area contributed by atoms with Crippen LogP contribution < -0.4 is 5.73 Å². The molecule has 0 spiro atoms. The molecule has 0 aliphatic carbocycles. The fraction of sp³-hybridized carbons (Fsp3) is 0. The van der Waals surface area contributed by atoms with Crippen LogP contribution in [0.4, 0.5) is 14.5 Å². The third-order valence-electron chi connectivity index (χ3n) is 2.46. The van der Waals surface area contributed by atoms with Crippen LogP contribution in [0.1, 0.15) is 0 Å². The van der Waals surface area contributed by atoms with E-state index in [9.17, 15) is 8.78 Å². The Morgan fingerprint density at radius 2 is 2.06 bits per heavy atom. The number of halogens is 2. The number of imidazole rings is 1. The second kappa shape index (κ2) is 3.53. The third kappa shape index (κ3) is 1.49. The molecule has 3 N–H and O–H groups in total. The van der Waals surface area contributed by atoms with E-state index in [2.05, 4.69) is 9.97 Å². The van der Waals surface area contributed by atoms with Crippen LogP contribution in [-0.4, -0.2) is 9.97 Å². The number of nitrogens with zero attached hydrogens (tertiary/aromatic N) is 1. The molecular weight excluding hydrogens is 244 g/mol. The maximum Gasteiger partial charge on any atom is 0.186 e. The first-order chi connectivity index (χ1) is 8.16. The fourth-order valence-corrected chi connectivity index (χ4v) is 2.40. The van der Waals surface area contributed by atoms with Gasteiger partial charge in [0.2, 0.25) is 0 Å². The number of hydrogen-bond donors (Lipinski definition) is 2. The van der Waals surface area contributed by atoms with Crippen molar-refractivity contribution in [3.05, 3.63) is 35.2 Å². The number of hydrogen-bond acceptors (Lipinski definition) is 3. The van der Waals surface area contributed by atoms with E-state index in [0.717, 1.165) is 10.9 Å². The average molecular weight is 251 g/mol. The number of aromatic nitrogens is 2. The van der Waals surface area contributed by atoms with Crippen molar-refractivity contribution in [2.24, 2.45) is 0 Å². The number of nitrogens with two attached hydrogens (primary N) is 1. The first kappa shape index (κ1) is 10.2. The van der Waals surface area contributed by atoms with Crippen molar-refractivity contribution in [3.63, 3.8) is 0 Å². The minimum Gasteiger partial charge on any atom is -0.397 e. The zero-order valence-electron chi connectivity index (χ0n) is 8.50. The molecule has 0 aliphatic rings. The molecular formula is C11H7F2N3S. The topological polar surface area (TPSA) is 54.7 Å². The van der Waals surface area contributed by atoms with E-state index in [0.29, 0.717) is 17.0 Å². The van der Waals surface area contributed by atoms with E-state index in [1.54, 1.807) is 6.07 Å². The quantitative estimate of drug-likeness (QED) is 0.698. The highest BCUT2D eigenvalue weighted by Gasteiger charge is 2.14. The van der Waals surface area contributed by atoms with Crippen molar-refractivity contribution in [1.82, 2.24) is 9.97 Å². The highest BCUT2D eigenvalue weighted by Crippen LogP contribution is 2.31. The average Bonchev–Trinajstić information content (AvgIpc) is 2.89. The number of benzene rings is 1. The number of nitrogens with one attached hydrogen (secondary N) is 1. The summed E-state index contributed by atoms with van der Waals surface area (Å²) < 4.78 is 26.5. The molecule has 0 radical (unpaired) electrons. The molecule has 0 saturated carbocycles. The van der Waals surface area contributed by atoms with Gasteiger partial charge in [0.15, 0.2) is 17.5 Å². The summed E-state index contributed by atoms with van der Waals surface area (Å²) in [4.78, 5) is 7.68. The summed E-state index contributed by atoms with van der Waals surface area (Å²) in [5.41, 5.74) is 6.75. The second-order valence-electron chi connectivity index (χ2n) is 3.55. The summed E-state index contributed by atoms with van der Waals surface area (Å²) in [6.45, 7) is 0. The van der Waals surface area contributed by atoms with Crippen LogP contribution in [0.15, 0.2) is 23.6 Å². The Bertz CT molecular complexity index is 702. The Labute approximate surface area is 98.9 Å². The maximum atomic E-state index is 13.5. The lowest BCUT2D eigenvalue weighted by Crippen LogP contribution is -1.85.